The Balaban J connectivity index is 2.07. The second-order valence-electron chi connectivity index (χ2n) is 4.67. The molecule has 2 aromatic rings. The average Bonchev–Trinajstić information content (AvgIpc) is 2.47. The molecule has 110 valence electrons. The molecule has 0 aromatic heterocycles. The average molecular weight is 288 g/mol. The molecule has 3 N–H and O–H groups in total. The molecule has 0 spiro atoms. The Labute approximate surface area is 122 Å². The number of nitrogens with two attached hydrogens (primary N) is 1. The lowest BCUT2D eigenvalue weighted by Gasteiger charge is -2.09. The summed E-state index contributed by atoms with van der Waals surface area (Å²) in [5, 5.41) is 3.14. The molecule has 0 bridgehead atoms. The van der Waals surface area contributed by atoms with Crippen LogP contribution in [0, 0.1) is 5.82 Å². The molecule has 21 heavy (non-hydrogen) atoms. The highest BCUT2D eigenvalue weighted by molar-refractivity contribution is 5.94. The highest BCUT2D eigenvalue weighted by Gasteiger charge is 2.08. The minimum atomic E-state index is -0.779. The molecular formula is C16H17FN2O2. The molecule has 0 saturated carbocycles. The number of anilines is 1. The summed E-state index contributed by atoms with van der Waals surface area (Å²) >= 11 is 0. The molecule has 2 rings (SSSR count). The maximum Gasteiger partial charge on any atom is 0.251 e. The molecule has 0 heterocycles. The normalized spacial score (nSPS) is 10.4. The summed E-state index contributed by atoms with van der Waals surface area (Å²) in [6.07, 6.45) is 0. The Morgan fingerprint density at radius 3 is 2.71 bits per heavy atom. The van der Waals surface area contributed by atoms with Crippen molar-refractivity contribution >= 4 is 11.6 Å². The zero-order chi connectivity index (χ0) is 15.2. The predicted molar refractivity (Wildman–Crippen MR) is 79.4 cm³/mol. The van der Waals surface area contributed by atoms with Gasteiger partial charge in [0.05, 0.1) is 12.2 Å². The van der Waals surface area contributed by atoms with E-state index in [4.69, 9.17) is 10.5 Å². The third-order valence-electron chi connectivity index (χ3n) is 3.03. The number of hydrogen-bond donors (Lipinski definition) is 2. The van der Waals surface area contributed by atoms with Crippen LogP contribution in [0.1, 0.15) is 21.5 Å². The van der Waals surface area contributed by atoms with Crippen molar-refractivity contribution in [3.8, 4) is 0 Å². The first-order chi connectivity index (χ1) is 10.1. The van der Waals surface area contributed by atoms with Gasteiger partial charge in [0.15, 0.2) is 0 Å². The fourth-order valence-electron chi connectivity index (χ4n) is 2.02. The van der Waals surface area contributed by atoms with Gasteiger partial charge in [-0.3, -0.25) is 4.79 Å². The number of halogens is 1. The van der Waals surface area contributed by atoms with Crippen LogP contribution in [-0.4, -0.2) is 13.0 Å². The second kappa shape index (κ2) is 6.85. The first-order valence-corrected chi connectivity index (χ1v) is 6.50. The molecule has 4 nitrogen and oxygen atoms in total. The van der Waals surface area contributed by atoms with E-state index in [-0.39, 0.29) is 5.56 Å². The molecule has 0 aliphatic heterocycles. The molecule has 0 radical (unpaired) electrons. The van der Waals surface area contributed by atoms with E-state index in [1.165, 1.54) is 12.1 Å². The maximum absolute atomic E-state index is 13.4. The number of benzene rings is 2. The van der Waals surface area contributed by atoms with Gasteiger partial charge in [-0.05, 0) is 29.3 Å². The van der Waals surface area contributed by atoms with Gasteiger partial charge in [-0.2, -0.15) is 0 Å². The van der Waals surface area contributed by atoms with Crippen molar-refractivity contribution in [2.45, 2.75) is 13.2 Å². The number of amides is 1. The number of hydrogen-bond acceptors (Lipinski definition) is 3. The molecule has 0 saturated heterocycles. The van der Waals surface area contributed by atoms with Crippen LogP contribution in [0.2, 0.25) is 0 Å². The smallest absolute Gasteiger partial charge is 0.251 e. The monoisotopic (exact) mass is 288 g/mol. The van der Waals surface area contributed by atoms with Crippen LogP contribution in [0.25, 0.3) is 0 Å². The summed E-state index contributed by atoms with van der Waals surface area (Å²) < 4.78 is 18.5. The lowest BCUT2D eigenvalue weighted by atomic mass is 10.1. The van der Waals surface area contributed by atoms with Gasteiger partial charge in [0.1, 0.15) is 5.82 Å². The van der Waals surface area contributed by atoms with Gasteiger partial charge in [0.2, 0.25) is 0 Å². The number of carbonyl (C=O) groups excluding carboxylic acids is 1. The van der Waals surface area contributed by atoms with Crippen LogP contribution in [0.15, 0.2) is 42.5 Å². The highest BCUT2D eigenvalue weighted by Crippen LogP contribution is 2.16. The van der Waals surface area contributed by atoms with Crippen LogP contribution in [0.4, 0.5) is 10.1 Å². The van der Waals surface area contributed by atoms with Crippen molar-refractivity contribution in [2.24, 2.45) is 5.73 Å². The number of primary amides is 1. The van der Waals surface area contributed by atoms with Crippen LogP contribution < -0.4 is 11.1 Å². The zero-order valence-electron chi connectivity index (χ0n) is 11.7. The number of nitrogens with one attached hydrogen (secondary N) is 1. The molecule has 0 fully saturated rings. The maximum atomic E-state index is 13.4. The van der Waals surface area contributed by atoms with E-state index in [0.29, 0.717) is 18.8 Å². The van der Waals surface area contributed by atoms with E-state index in [9.17, 15) is 9.18 Å². The van der Waals surface area contributed by atoms with Gasteiger partial charge in [-0.25, -0.2) is 4.39 Å². The first kappa shape index (κ1) is 15.0. The number of ether oxygens (including phenoxy) is 1. The first-order valence-electron chi connectivity index (χ1n) is 6.50. The Hall–Kier alpha value is -2.40. The molecule has 2 aromatic carbocycles. The van der Waals surface area contributed by atoms with E-state index in [2.05, 4.69) is 5.32 Å². The predicted octanol–water partition coefficient (Wildman–Crippen LogP) is 2.68. The molecule has 0 atom stereocenters. The van der Waals surface area contributed by atoms with Crippen LogP contribution >= 0.6 is 0 Å². The zero-order valence-corrected chi connectivity index (χ0v) is 11.7. The Bertz CT molecular complexity index is 644. The van der Waals surface area contributed by atoms with Crippen molar-refractivity contribution in [2.75, 3.05) is 12.4 Å². The van der Waals surface area contributed by atoms with Gasteiger partial charge in [0.25, 0.3) is 5.91 Å². The van der Waals surface area contributed by atoms with Gasteiger partial charge in [-0.1, -0.05) is 24.3 Å². The highest BCUT2D eigenvalue weighted by atomic mass is 19.1. The van der Waals surface area contributed by atoms with E-state index in [0.717, 1.165) is 11.1 Å². The second-order valence-corrected chi connectivity index (χ2v) is 4.67. The number of carbonyl (C=O) groups is 1. The molecule has 0 aliphatic rings. The largest absolute Gasteiger partial charge is 0.381 e. The van der Waals surface area contributed by atoms with Crippen LogP contribution in [0.3, 0.4) is 0 Å². The van der Waals surface area contributed by atoms with E-state index < -0.39 is 11.7 Å². The topological polar surface area (TPSA) is 64.3 Å². The van der Waals surface area contributed by atoms with Crippen molar-refractivity contribution in [1.82, 2.24) is 0 Å². The Morgan fingerprint density at radius 1 is 1.24 bits per heavy atom. The summed E-state index contributed by atoms with van der Waals surface area (Å²) in [5.74, 6) is -1.40. The third kappa shape index (κ3) is 4.03. The van der Waals surface area contributed by atoms with Gasteiger partial charge < -0.3 is 15.8 Å². The van der Waals surface area contributed by atoms with Crippen molar-refractivity contribution in [3.63, 3.8) is 0 Å². The molecule has 5 heteroatoms. The number of rotatable bonds is 6. The van der Waals surface area contributed by atoms with E-state index in [1.807, 2.05) is 24.3 Å². The Kier molecular flexibility index (Phi) is 4.90. The quantitative estimate of drug-likeness (QED) is 0.859. The van der Waals surface area contributed by atoms with E-state index >= 15 is 0 Å². The molecular weight excluding hydrogens is 271 g/mol. The third-order valence-corrected chi connectivity index (χ3v) is 3.03. The van der Waals surface area contributed by atoms with Gasteiger partial charge >= 0.3 is 0 Å². The fourth-order valence-corrected chi connectivity index (χ4v) is 2.02. The minimum absolute atomic E-state index is 0.117. The summed E-state index contributed by atoms with van der Waals surface area (Å²) in [5.41, 5.74) is 7.79. The molecule has 0 unspecified atom stereocenters. The fraction of sp³-hybridized carbons (Fsp3) is 0.188. The van der Waals surface area contributed by atoms with Crippen molar-refractivity contribution in [3.05, 3.63) is 65.0 Å². The van der Waals surface area contributed by atoms with Gasteiger partial charge in [0, 0.05) is 19.3 Å². The van der Waals surface area contributed by atoms with E-state index in [1.54, 1.807) is 13.2 Å². The van der Waals surface area contributed by atoms with Crippen LogP contribution in [-0.2, 0) is 17.9 Å². The summed E-state index contributed by atoms with van der Waals surface area (Å²) in [6.45, 7) is 1.11. The standard InChI is InChI=1S/C16H17FN2O2/c1-21-10-12-4-2-3-11(7-12)9-19-13-5-6-15(17)14(8-13)16(18)20/h2-8,19H,9-10H2,1H3,(H2,18,20). The van der Waals surface area contributed by atoms with Crippen LogP contribution in [0.5, 0.6) is 0 Å². The summed E-state index contributed by atoms with van der Waals surface area (Å²) in [4.78, 5) is 11.1. The number of methoxy groups -OCH3 is 1. The summed E-state index contributed by atoms with van der Waals surface area (Å²) in [6, 6.07) is 12.1. The van der Waals surface area contributed by atoms with Gasteiger partial charge in [-0.15, -0.1) is 0 Å². The molecule has 0 aliphatic carbocycles. The molecule has 1 amide bonds. The lowest BCUT2D eigenvalue weighted by Crippen LogP contribution is -2.13. The van der Waals surface area contributed by atoms with Crippen molar-refractivity contribution in [1.29, 1.82) is 0 Å². The Morgan fingerprint density at radius 2 is 2.00 bits per heavy atom. The SMILES string of the molecule is COCc1cccc(CNc2ccc(F)c(C(N)=O)c2)c1. The minimum Gasteiger partial charge on any atom is -0.381 e. The van der Waals surface area contributed by atoms with Crippen molar-refractivity contribution < 1.29 is 13.9 Å². The lowest BCUT2D eigenvalue weighted by molar-refractivity contribution is 0.0996. The summed E-state index contributed by atoms with van der Waals surface area (Å²) in [7, 11) is 1.65.